The zero-order valence-corrected chi connectivity index (χ0v) is 12.2. The van der Waals surface area contributed by atoms with Crippen molar-refractivity contribution in [2.24, 2.45) is 0 Å². The lowest BCUT2D eigenvalue weighted by Crippen LogP contribution is -2.26. The first-order valence-electron chi connectivity index (χ1n) is 6.90. The van der Waals surface area contributed by atoms with E-state index in [1.54, 1.807) is 0 Å². The summed E-state index contributed by atoms with van der Waals surface area (Å²) in [5.41, 5.74) is 0.939. The van der Waals surface area contributed by atoms with Gasteiger partial charge in [-0.25, -0.2) is 0 Å². The molecule has 2 aromatic rings. The first-order valence-corrected chi connectivity index (χ1v) is 6.90. The van der Waals surface area contributed by atoms with Gasteiger partial charge in [-0.05, 0) is 12.1 Å². The van der Waals surface area contributed by atoms with Gasteiger partial charge in [0.25, 0.3) is 0 Å². The summed E-state index contributed by atoms with van der Waals surface area (Å²) in [6.07, 6.45) is 0.0593. The van der Waals surface area contributed by atoms with Crippen molar-refractivity contribution in [2.45, 2.75) is 32.7 Å². The molecule has 0 saturated carbocycles. The maximum Gasteiger partial charge on any atom is 0.305 e. The van der Waals surface area contributed by atoms with Crippen LogP contribution in [-0.2, 0) is 11.3 Å². The average Bonchev–Trinajstić information content (AvgIpc) is 2.93. The Bertz CT molecular complexity index is 581. The predicted octanol–water partition coefficient (Wildman–Crippen LogP) is 2.67. The van der Waals surface area contributed by atoms with Crippen LogP contribution in [0.4, 0.5) is 5.69 Å². The normalized spacial score (nSPS) is 10.8. The molecule has 0 fully saturated rings. The highest BCUT2D eigenvalue weighted by atomic mass is 16.5. The van der Waals surface area contributed by atoms with Crippen molar-refractivity contribution in [2.75, 3.05) is 11.4 Å². The molecule has 0 aliphatic carbocycles. The first kappa shape index (κ1) is 15.0. The third-order valence-corrected chi connectivity index (χ3v) is 3.03. The number of para-hydroxylation sites is 1. The summed E-state index contributed by atoms with van der Waals surface area (Å²) in [7, 11) is 0. The van der Waals surface area contributed by atoms with E-state index >= 15 is 0 Å². The predicted molar refractivity (Wildman–Crippen MR) is 78.1 cm³/mol. The Morgan fingerprint density at radius 3 is 2.62 bits per heavy atom. The van der Waals surface area contributed by atoms with Crippen LogP contribution in [0.15, 0.2) is 34.9 Å². The summed E-state index contributed by atoms with van der Waals surface area (Å²) < 4.78 is 5.18. The van der Waals surface area contributed by atoms with Crippen molar-refractivity contribution in [1.82, 2.24) is 10.1 Å². The minimum absolute atomic E-state index is 0.0593. The Labute approximate surface area is 123 Å². The highest BCUT2D eigenvalue weighted by Gasteiger charge is 2.15. The van der Waals surface area contributed by atoms with Gasteiger partial charge in [-0.15, -0.1) is 0 Å². The second-order valence-corrected chi connectivity index (χ2v) is 5.10. The molecule has 6 nitrogen and oxygen atoms in total. The molecule has 0 radical (unpaired) electrons. The number of nitrogens with zero attached hydrogens (tertiary/aromatic N) is 3. The second-order valence-electron chi connectivity index (χ2n) is 5.10. The minimum atomic E-state index is -0.827. The fourth-order valence-electron chi connectivity index (χ4n) is 1.91. The highest BCUT2D eigenvalue weighted by Crippen LogP contribution is 2.17. The Kier molecular flexibility index (Phi) is 4.92. The van der Waals surface area contributed by atoms with Crippen molar-refractivity contribution in [1.29, 1.82) is 0 Å². The van der Waals surface area contributed by atoms with Gasteiger partial charge in [0.2, 0.25) is 5.89 Å². The summed E-state index contributed by atoms with van der Waals surface area (Å²) in [5, 5.41) is 12.8. The number of hydrogen-bond acceptors (Lipinski definition) is 5. The van der Waals surface area contributed by atoms with Crippen LogP contribution in [0.25, 0.3) is 0 Å². The molecule has 0 aliphatic heterocycles. The number of carboxylic acids is 1. The van der Waals surface area contributed by atoms with Crippen molar-refractivity contribution in [3.63, 3.8) is 0 Å². The number of aromatic nitrogens is 2. The van der Waals surface area contributed by atoms with E-state index in [0.29, 0.717) is 24.8 Å². The van der Waals surface area contributed by atoms with Crippen molar-refractivity contribution < 1.29 is 14.4 Å². The van der Waals surface area contributed by atoms with Gasteiger partial charge in [0.1, 0.15) is 0 Å². The molecule has 1 aromatic heterocycles. The zero-order valence-electron chi connectivity index (χ0n) is 12.2. The Morgan fingerprint density at radius 2 is 2.05 bits per heavy atom. The van der Waals surface area contributed by atoms with Crippen LogP contribution in [0.1, 0.15) is 37.9 Å². The number of carbonyl (C=O) groups is 1. The molecular weight excluding hydrogens is 270 g/mol. The molecule has 0 atom stereocenters. The van der Waals surface area contributed by atoms with Crippen LogP contribution < -0.4 is 4.90 Å². The molecule has 1 aromatic carbocycles. The molecule has 0 spiro atoms. The van der Waals surface area contributed by atoms with Crippen molar-refractivity contribution in [3.8, 4) is 0 Å². The zero-order chi connectivity index (χ0) is 15.2. The van der Waals surface area contributed by atoms with E-state index in [2.05, 4.69) is 10.1 Å². The molecule has 0 bridgehead atoms. The SMILES string of the molecule is CC(C)c1nc(CN(CCC(=O)O)c2ccccc2)no1. The first-order chi connectivity index (χ1) is 10.1. The lowest BCUT2D eigenvalue weighted by atomic mass is 10.2. The van der Waals surface area contributed by atoms with Gasteiger partial charge in [0.15, 0.2) is 5.82 Å². The third-order valence-electron chi connectivity index (χ3n) is 3.03. The molecule has 21 heavy (non-hydrogen) atoms. The number of anilines is 1. The summed E-state index contributed by atoms with van der Waals surface area (Å²) >= 11 is 0. The van der Waals surface area contributed by atoms with Crippen molar-refractivity contribution in [3.05, 3.63) is 42.0 Å². The van der Waals surface area contributed by atoms with Crippen LogP contribution >= 0.6 is 0 Å². The number of aliphatic carboxylic acids is 1. The molecule has 1 N–H and O–H groups in total. The fraction of sp³-hybridized carbons (Fsp3) is 0.400. The van der Waals surface area contributed by atoms with E-state index < -0.39 is 5.97 Å². The summed E-state index contributed by atoms with van der Waals surface area (Å²) in [5.74, 6) is 0.506. The monoisotopic (exact) mass is 289 g/mol. The van der Waals surface area contributed by atoms with Crippen LogP contribution in [-0.4, -0.2) is 27.8 Å². The van der Waals surface area contributed by atoms with Crippen LogP contribution in [0.2, 0.25) is 0 Å². The maximum atomic E-state index is 10.8. The number of benzene rings is 1. The van der Waals surface area contributed by atoms with Crippen LogP contribution in [0.3, 0.4) is 0 Å². The Morgan fingerprint density at radius 1 is 1.33 bits per heavy atom. The Hall–Kier alpha value is -2.37. The van der Waals surface area contributed by atoms with E-state index in [1.165, 1.54) is 0 Å². The van der Waals surface area contributed by atoms with Gasteiger partial charge in [-0.2, -0.15) is 4.98 Å². The van der Waals surface area contributed by atoms with Gasteiger partial charge in [-0.1, -0.05) is 37.2 Å². The quantitative estimate of drug-likeness (QED) is 0.844. The molecule has 0 saturated heterocycles. The maximum absolute atomic E-state index is 10.8. The summed E-state index contributed by atoms with van der Waals surface area (Å²) in [6, 6.07) is 9.62. The molecule has 0 aliphatic rings. The van der Waals surface area contributed by atoms with Crippen LogP contribution in [0, 0.1) is 0 Å². The largest absolute Gasteiger partial charge is 0.481 e. The van der Waals surface area contributed by atoms with Gasteiger partial charge in [-0.3, -0.25) is 4.79 Å². The summed E-state index contributed by atoms with van der Waals surface area (Å²) in [6.45, 7) is 4.78. The number of carboxylic acid groups (broad SMARTS) is 1. The highest BCUT2D eigenvalue weighted by molar-refractivity contribution is 5.67. The molecule has 1 heterocycles. The van der Waals surface area contributed by atoms with Gasteiger partial charge >= 0.3 is 5.97 Å². The molecule has 2 rings (SSSR count). The van der Waals surface area contributed by atoms with E-state index in [4.69, 9.17) is 9.63 Å². The summed E-state index contributed by atoms with van der Waals surface area (Å²) in [4.78, 5) is 17.1. The smallest absolute Gasteiger partial charge is 0.305 e. The van der Waals surface area contributed by atoms with E-state index in [1.807, 2.05) is 49.1 Å². The second kappa shape index (κ2) is 6.88. The molecule has 0 unspecified atom stereocenters. The third kappa shape index (κ3) is 4.30. The van der Waals surface area contributed by atoms with Crippen LogP contribution in [0.5, 0.6) is 0 Å². The minimum Gasteiger partial charge on any atom is -0.481 e. The van der Waals surface area contributed by atoms with Crippen molar-refractivity contribution >= 4 is 11.7 Å². The van der Waals surface area contributed by atoms with E-state index in [0.717, 1.165) is 5.69 Å². The number of rotatable bonds is 7. The standard InChI is InChI=1S/C15H19N3O3/c1-11(2)15-16-13(17-21-15)10-18(9-8-14(19)20)12-6-4-3-5-7-12/h3-7,11H,8-10H2,1-2H3,(H,19,20). The topological polar surface area (TPSA) is 79.5 Å². The fourth-order valence-corrected chi connectivity index (χ4v) is 1.91. The molecule has 6 heteroatoms. The van der Waals surface area contributed by atoms with Gasteiger partial charge in [0.05, 0.1) is 13.0 Å². The Balaban J connectivity index is 2.13. The van der Waals surface area contributed by atoms with Gasteiger partial charge in [0, 0.05) is 18.2 Å². The average molecular weight is 289 g/mol. The molecule has 0 amide bonds. The van der Waals surface area contributed by atoms with E-state index in [9.17, 15) is 4.79 Å². The molecular formula is C15H19N3O3. The van der Waals surface area contributed by atoms with Gasteiger partial charge < -0.3 is 14.5 Å². The number of hydrogen-bond donors (Lipinski definition) is 1. The lowest BCUT2D eigenvalue weighted by molar-refractivity contribution is -0.136. The van der Waals surface area contributed by atoms with E-state index in [-0.39, 0.29) is 12.3 Å². The molecule has 112 valence electrons. The lowest BCUT2D eigenvalue weighted by Gasteiger charge is -2.22.